The number of methoxy groups -OCH3 is 1. The van der Waals surface area contributed by atoms with Crippen LogP contribution >= 0.6 is 0 Å². The van der Waals surface area contributed by atoms with E-state index in [4.69, 9.17) is 4.74 Å². The number of nitrogens with one attached hydrogen (secondary N) is 2. The molecule has 1 aliphatic rings. The number of hydrogen-bond donors (Lipinski definition) is 2. The number of halogens is 2. The van der Waals surface area contributed by atoms with Crippen LogP contribution in [0.4, 0.5) is 8.78 Å². The molecule has 2 N–H and O–H groups in total. The predicted octanol–water partition coefficient (Wildman–Crippen LogP) is 3.56. The number of benzene rings is 2. The lowest BCUT2D eigenvalue weighted by molar-refractivity contribution is 0.302. The predicted molar refractivity (Wildman–Crippen MR) is 90.0 cm³/mol. The molecular formula is C19H22F2N2O. The molecule has 128 valence electrons. The van der Waals surface area contributed by atoms with Crippen molar-refractivity contribution < 1.29 is 13.5 Å². The summed E-state index contributed by atoms with van der Waals surface area (Å²) in [5.41, 5.74) is 1.71. The van der Waals surface area contributed by atoms with Crippen molar-refractivity contribution in [2.45, 2.75) is 31.5 Å². The fourth-order valence-corrected chi connectivity index (χ4v) is 3.28. The normalized spacial score (nSPS) is 20.8. The van der Waals surface area contributed by atoms with Crippen LogP contribution in [0.5, 0.6) is 5.75 Å². The Labute approximate surface area is 141 Å². The number of hydrogen-bond acceptors (Lipinski definition) is 3. The maximum absolute atomic E-state index is 13.5. The van der Waals surface area contributed by atoms with Gasteiger partial charge in [-0.25, -0.2) is 8.78 Å². The molecule has 3 nitrogen and oxygen atoms in total. The fourth-order valence-electron chi connectivity index (χ4n) is 3.28. The Morgan fingerprint density at radius 3 is 2.79 bits per heavy atom. The smallest absolute Gasteiger partial charge is 0.123 e. The van der Waals surface area contributed by atoms with Gasteiger partial charge >= 0.3 is 0 Å². The largest absolute Gasteiger partial charge is 0.496 e. The van der Waals surface area contributed by atoms with Gasteiger partial charge in [-0.2, -0.15) is 0 Å². The maximum atomic E-state index is 13.5. The molecule has 3 rings (SSSR count). The van der Waals surface area contributed by atoms with E-state index in [2.05, 4.69) is 10.6 Å². The van der Waals surface area contributed by atoms with E-state index in [1.54, 1.807) is 25.3 Å². The van der Waals surface area contributed by atoms with Crippen LogP contribution in [0, 0.1) is 11.6 Å². The molecule has 1 heterocycles. The second-order valence-electron chi connectivity index (χ2n) is 6.07. The molecule has 0 spiro atoms. The molecule has 1 saturated heterocycles. The minimum atomic E-state index is -0.281. The lowest BCUT2D eigenvalue weighted by Gasteiger charge is -2.34. The van der Waals surface area contributed by atoms with Crippen LogP contribution in [0.3, 0.4) is 0 Å². The molecule has 1 aliphatic heterocycles. The van der Waals surface area contributed by atoms with Crippen molar-refractivity contribution in [2.75, 3.05) is 13.7 Å². The third-order valence-electron chi connectivity index (χ3n) is 4.46. The molecule has 1 fully saturated rings. The summed E-state index contributed by atoms with van der Waals surface area (Å²) >= 11 is 0. The Hall–Kier alpha value is -1.98. The zero-order chi connectivity index (χ0) is 16.9. The van der Waals surface area contributed by atoms with Gasteiger partial charge in [0.1, 0.15) is 17.4 Å². The standard InChI is InChI=1S/C19H22F2N2O/c1-24-18-8-7-16(21)11-14(18)12-23-17-6-3-9-22-19(17)13-4-2-5-15(20)10-13/h2,4-5,7-8,10-11,17,19,22-23H,3,6,9,12H2,1H3/t17-,19-/m0/s1. The highest BCUT2D eigenvalue weighted by Crippen LogP contribution is 2.26. The van der Waals surface area contributed by atoms with Crippen molar-refractivity contribution >= 4 is 0 Å². The minimum absolute atomic E-state index is 0.0361. The fraction of sp³-hybridized carbons (Fsp3) is 0.368. The van der Waals surface area contributed by atoms with E-state index in [1.807, 2.05) is 6.07 Å². The van der Waals surface area contributed by atoms with Crippen molar-refractivity contribution in [3.63, 3.8) is 0 Å². The lowest BCUT2D eigenvalue weighted by atomic mass is 9.92. The molecule has 0 unspecified atom stereocenters. The molecule has 2 aromatic rings. The van der Waals surface area contributed by atoms with Crippen LogP contribution in [-0.4, -0.2) is 19.7 Å². The molecule has 0 amide bonds. The summed E-state index contributed by atoms with van der Waals surface area (Å²) in [5.74, 6) is 0.149. The molecule has 0 radical (unpaired) electrons. The van der Waals surface area contributed by atoms with Gasteiger partial charge < -0.3 is 15.4 Å². The first-order valence-corrected chi connectivity index (χ1v) is 8.22. The molecule has 0 bridgehead atoms. The highest BCUT2D eigenvalue weighted by molar-refractivity contribution is 5.34. The van der Waals surface area contributed by atoms with Gasteiger partial charge in [0, 0.05) is 24.2 Å². The Morgan fingerprint density at radius 1 is 1.17 bits per heavy atom. The van der Waals surface area contributed by atoms with E-state index >= 15 is 0 Å². The monoisotopic (exact) mass is 332 g/mol. The van der Waals surface area contributed by atoms with Gasteiger partial charge in [0.05, 0.1) is 7.11 Å². The number of rotatable bonds is 5. The van der Waals surface area contributed by atoms with Crippen LogP contribution in [0.2, 0.25) is 0 Å². The maximum Gasteiger partial charge on any atom is 0.123 e. The molecule has 2 aromatic carbocycles. The Morgan fingerprint density at radius 2 is 2.00 bits per heavy atom. The Kier molecular flexibility index (Phi) is 5.43. The van der Waals surface area contributed by atoms with Crippen LogP contribution in [0.1, 0.15) is 30.0 Å². The highest BCUT2D eigenvalue weighted by atomic mass is 19.1. The van der Waals surface area contributed by atoms with Crippen LogP contribution in [-0.2, 0) is 6.54 Å². The molecule has 0 aromatic heterocycles. The van der Waals surface area contributed by atoms with Gasteiger partial charge in [-0.3, -0.25) is 0 Å². The van der Waals surface area contributed by atoms with Crippen molar-refractivity contribution in [1.29, 1.82) is 0 Å². The first kappa shape index (κ1) is 16.9. The first-order chi connectivity index (χ1) is 11.7. The van der Waals surface area contributed by atoms with E-state index in [0.29, 0.717) is 12.3 Å². The van der Waals surface area contributed by atoms with E-state index in [-0.39, 0.29) is 23.7 Å². The van der Waals surface area contributed by atoms with Gasteiger partial charge in [0.25, 0.3) is 0 Å². The summed E-state index contributed by atoms with van der Waals surface area (Å²) in [6, 6.07) is 11.4. The Bertz CT molecular complexity index is 693. The second-order valence-corrected chi connectivity index (χ2v) is 6.07. The summed E-state index contributed by atoms with van der Waals surface area (Å²) in [6.45, 7) is 1.40. The number of ether oxygens (including phenoxy) is 1. The van der Waals surface area contributed by atoms with Gasteiger partial charge in [0.15, 0.2) is 0 Å². The summed E-state index contributed by atoms with van der Waals surface area (Å²) < 4.78 is 32.3. The average molecular weight is 332 g/mol. The van der Waals surface area contributed by atoms with Gasteiger partial charge in [-0.05, 0) is 55.3 Å². The van der Waals surface area contributed by atoms with Crippen LogP contribution in [0.25, 0.3) is 0 Å². The van der Waals surface area contributed by atoms with Gasteiger partial charge in [-0.15, -0.1) is 0 Å². The average Bonchev–Trinajstić information content (AvgIpc) is 2.60. The van der Waals surface area contributed by atoms with Gasteiger partial charge in [0.2, 0.25) is 0 Å². The van der Waals surface area contributed by atoms with Crippen molar-refractivity contribution in [3.8, 4) is 5.75 Å². The lowest BCUT2D eigenvalue weighted by Crippen LogP contribution is -2.45. The summed E-state index contributed by atoms with van der Waals surface area (Å²) in [4.78, 5) is 0. The topological polar surface area (TPSA) is 33.3 Å². The summed E-state index contributed by atoms with van der Waals surface area (Å²) in [7, 11) is 1.58. The van der Waals surface area contributed by atoms with Crippen molar-refractivity contribution in [1.82, 2.24) is 10.6 Å². The van der Waals surface area contributed by atoms with Crippen LogP contribution < -0.4 is 15.4 Å². The SMILES string of the molecule is COc1ccc(F)cc1CN[C@H]1CCCN[C@H]1c1cccc(F)c1. The third-order valence-corrected chi connectivity index (χ3v) is 4.46. The van der Waals surface area contributed by atoms with E-state index in [1.165, 1.54) is 18.2 Å². The molecule has 0 aliphatic carbocycles. The van der Waals surface area contributed by atoms with E-state index < -0.39 is 0 Å². The van der Waals surface area contributed by atoms with Gasteiger partial charge in [-0.1, -0.05) is 12.1 Å². The minimum Gasteiger partial charge on any atom is -0.496 e. The first-order valence-electron chi connectivity index (χ1n) is 8.22. The molecule has 5 heteroatoms. The molecule has 24 heavy (non-hydrogen) atoms. The third kappa shape index (κ3) is 3.91. The van der Waals surface area contributed by atoms with E-state index in [9.17, 15) is 8.78 Å². The zero-order valence-corrected chi connectivity index (χ0v) is 13.7. The molecule has 2 atom stereocenters. The molecule has 0 saturated carbocycles. The quantitative estimate of drug-likeness (QED) is 0.878. The molecular weight excluding hydrogens is 310 g/mol. The van der Waals surface area contributed by atoms with Crippen LogP contribution in [0.15, 0.2) is 42.5 Å². The van der Waals surface area contributed by atoms with E-state index in [0.717, 1.165) is 30.5 Å². The summed E-state index contributed by atoms with van der Waals surface area (Å²) in [5, 5.41) is 6.93. The number of piperidine rings is 1. The zero-order valence-electron chi connectivity index (χ0n) is 13.7. The highest BCUT2D eigenvalue weighted by Gasteiger charge is 2.26. The Balaban J connectivity index is 1.74. The van der Waals surface area contributed by atoms with Crippen molar-refractivity contribution in [3.05, 3.63) is 65.2 Å². The van der Waals surface area contributed by atoms with Crippen molar-refractivity contribution in [2.24, 2.45) is 0 Å². The summed E-state index contributed by atoms with van der Waals surface area (Å²) in [6.07, 6.45) is 2.02. The second kappa shape index (κ2) is 7.73.